The predicted molar refractivity (Wildman–Crippen MR) is 190 cm³/mol. The summed E-state index contributed by atoms with van der Waals surface area (Å²) in [6.07, 6.45) is 19.1. The van der Waals surface area contributed by atoms with E-state index in [0.29, 0.717) is 0 Å². The fraction of sp³-hybridized carbons (Fsp3) is 0.364. The van der Waals surface area contributed by atoms with Gasteiger partial charge in [-0.2, -0.15) is 0 Å². The summed E-state index contributed by atoms with van der Waals surface area (Å²) in [5.41, 5.74) is 15.9. The molecule has 4 aromatic rings. The van der Waals surface area contributed by atoms with Crippen LogP contribution >= 0.6 is 0 Å². The van der Waals surface area contributed by atoms with E-state index in [1.807, 2.05) is 11.1 Å². The molecule has 4 aromatic carbocycles. The van der Waals surface area contributed by atoms with Gasteiger partial charge in [-0.05, 0) is 0 Å². The van der Waals surface area contributed by atoms with Crippen LogP contribution in [0, 0.1) is 0 Å². The largest absolute Gasteiger partial charge is 1.00 e. The molecular formula is C44H48Cl2Hf. The Kier molecular flexibility index (Phi) is 10.9. The first kappa shape index (κ1) is 34.7. The third-order valence-corrected chi connectivity index (χ3v) is 36.9. The van der Waals surface area contributed by atoms with Gasteiger partial charge in [-0.15, -0.1) is 0 Å². The first-order valence-corrected chi connectivity index (χ1v) is 26.3. The Bertz CT molecular complexity index is 1620. The monoisotopic (exact) mass is 826 g/mol. The summed E-state index contributed by atoms with van der Waals surface area (Å²) in [4.78, 5) is 0. The number of hydrogen-bond donors (Lipinski definition) is 0. The van der Waals surface area contributed by atoms with Gasteiger partial charge in [-0.25, -0.2) is 0 Å². The molecule has 0 radical (unpaired) electrons. The van der Waals surface area contributed by atoms with Crippen LogP contribution in [0.1, 0.15) is 108 Å². The molecule has 1 saturated carbocycles. The fourth-order valence-corrected chi connectivity index (χ4v) is 45.7. The summed E-state index contributed by atoms with van der Waals surface area (Å²) in [6.45, 7) is 4.77. The summed E-state index contributed by atoms with van der Waals surface area (Å²) in [6, 6.07) is 37.2. The van der Waals surface area contributed by atoms with E-state index in [1.165, 1.54) is 86.5 Å². The van der Waals surface area contributed by atoms with E-state index in [0.717, 1.165) is 14.7 Å². The van der Waals surface area contributed by atoms with Crippen molar-refractivity contribution in [2.75, 3.05) is 0 Å². The molecule has 4 unspecified atom stereocenters. The van der Waals surface area contributed by atoms with E-state index < -0.39 is 20.0 Å². The van der Waals surface area contributed by atoms with Crippen LogP contribution in [0.4, 0.5) is 0 Å². The van der Waals surface area contributed by atoms with E-state index in [4.69, 9.17) is 0 Å². The molecule has 1 aliphatic heterocycles. The van der Waals surface area contributed by atoms with Crippen LogP contribution in [0.25, 0.3) is 34.4 Å². The zero-order chi connectivity index (χ0) is 30.4. The number of unbranched alkanes of at least 4 members (excludes halogenated alkanes) is 2. The fourth-order valence-electron chi connectivity index (χ4n) is 10.3. The first-order valence-electron chi connectivity index (χ1n) is 18.0. The quantitative estimate of drug-likeness (QED) is 0.147. The van der Waals surface area contributed by atoms with E-state index in [2.05, 4.69) is 123 Å². The first-order chi connectivity index (χ1) is 22.3. The minimum absolute atomic E-state index is 0. The van der Waals surface area contributed by atoms with Gasteiger partial charge >= 0.3 is 278 Å². The molecule has 4 atom stereocenters. The molecule has 1 heterocycles. The molecule has 1 saturated heterocycles. The van der Waals surface area contributed by atoms with Crippen LogP contribution in [-0.2, 0) is 20.0 Å². The van der Waals surface area contributed by atoms with Crippen molar-refractivity contribution >= 4 is 12.2 Å². The van der Waals surface area contributed by atoms with Gasteiger partial charge in [0.1, 0.15) is 0 Å². The molecule has 0 amide bonds. The summed E-state index contributed by atoms with van der Waals surface area (Å²) in [7, 11) is 0. The third-order valence-electron chi connectivity index (χ3n) is 12.1. The summed E-state index contributed by atoms with van der Waals surface area (Å²) < 4.78 is 3.54. The maximum absolute atomic E-state index is 3.20. The van der Waals surface area contributed by atoms with Gasteiger partial charge in [0.05, 0.1) is 0 Å². The van der Waals surface area contributed by atoms with Gasteiger partial charge in [-0.3, -0.25) is 0 Å². The third kappa shape index (κ3) is 5.81. The van der Waals surface area contributed by atoms with E-state index in [-0.39, 0.29) is 24.8 Å². The number of fused-ring (bicyclic) bond motifs is 3. The van der Waals surface area contributed by atoms with E-state index in [9.17, 15) is 0 Å². The molecule has 4 aliphatic rings. The SMILES string of the molecule is CCCCC1=Cc2c(-c3ccccc3)cccc2[CH]1[Hf+2]1([CH]2C(CCCC)=Cc3c(-c4ccccc4)cccc32)[CH]2CCCC[CH]21.[Cl-].[Cl-]. The predicted octanol–water partition coefficient (Wildman–Crippen LogP) is 7.30. The zero-order valence-corrected chi connectivity index (χ0v) is 33.1. The average Bonchev–Trinajstić information content (AvgIpc) is 3.37. The molecule has 2 fully saturated rings. The van der Waals surface area contributed by atoms with Crippen LogP contribution in [0.5, 0.6) is 0 Å². The minimum Gasteiger partial charge on any atom is -1.00 e. The molecule has 0 nitrogen and oxygen atoms in total. The van der Waals surface area contributed by atoms with Crippen molar-refractivity contribution in [3.05, 3.63) is 130 Å². The maximum Gasteiger partial charge on any atom is -1.00 e. The molecule has 8 rings (SSSR count). The van der Waals surface area contributed by atoms with Gasteiger partial charge in [0.15, 0.2) is 0 Å². The summed E-state index contributed by atoms with van der Waals surface area (Å²) >= 11 is -3.20. The molecule has 0 aromatic heterocycles. The van der Waals surface area contributed by atoms with Crippen molar-refractivity contribution in [3.8, 4) is 22.3 Å². The molecule has 0 N–H and O–H groups in total. The second-order valence-corrected chi connectivity index (χ2v) is 31.0. The van der Waals surface area contributed by atoms with Crippen molar-refractivity contribution in [1.29, 1.82) is 0 Å². The van der Waals surface area contributed by atoms with E-state index in [1.54, 1.807) is 22.3 Å². The Hall–Kier alpha value is -2.19. The van der Waals surface area contributed by atoms with Crippen molar-refractivity contribution in [2.24, 2.45) is 0 Å². The summed E-state index contributed by atoms with van der Waals surface area (Å²) in [5.74, 6) is 0. The maximum atomic E-state index is 2.73. The molecule has 242 valence electrons. The molecule has 3 aliphatic carbocycles. The number of halogens is 2. The van der Waals surface area contributed by atoms with E-state index >= 15 is 0 Å². The number of allylic oxidation sites excluding steroid dienone is 2. The van der Waals surface area contributed by atoms with Gasteiger partial charge in [0.25, 0.3) is 0 Å². The average molecular weight is 826 g/mol. The molecule has 47 heavy (non-hydrogen) atoms. The number of hydrogen-bond acceptors (Lipinski definition) is 0. The Labute approximate surface area is 300 Å². The van der Waals surface area contributed by atoms with Crippen molar-refractivity contribution < 1.29 is 44.8 Å². The van der Waals surface area contributed by atoms with Crippen LogP contribution in [0.3, 0.4) is 0 Å². The van der Waals surface area contributed by atoms with Crippen molar-refractivity contribution in [2.45, 2.75) is 92.8 Å². The molecule has 0 spiro atoms. The van der Waals surface area contributed by atoms with Crippen LogP contribution in [0.2, 0.25) is 7.35 Å². The Morgan fingerprint density at radius 1 is 0.532 bits per heavy atom. The molecule has 3 heteroatoms. The zero-order valence-electron chi connectivity index (χ0n) is 28.0. The second-order valence-electron chi connectivity index (χ2n) is 14.4. The van der Waals surface area contributed by atoms with Gasteiger partial charge < -0.3 is 24.8 Å². The smallest absolute Gasteiger partial charge is 1.00 e. The second kappa shape index (κ2) is 14.7. The van der Waals surface area contributed by atoms with Gasteiger partial charge in [-0.1, -0.05) is 0 Å². The Morgan fingerprint density at radius 3 is 1.36 bits per heavy atom. The minimum atomic E-state index is -3.20. The molecular weight excluding hydrogens is 778 g/mol. The summed E-state index contributed by atoms with van der Waals surface area (Å²) in [5, 5.41) is 0. The van der Waals surface area contributed by atoms with Crippen LogP contribution in [0.15, 0.2) is 108 Å². The van der Waals surface area contributed by atoms with Gasteiger partial charge in [0, 0.05) is 0 Å². The van der Waals surface area contributed by atoms with Crippen LogP contribution < -0.4 is 24.8 Å². The van der Waals surface area contributed by atoms with Crippen molar-refractivity contribution in [1.82, 2.24) is 0 Å². The van der Waals surface area contributed by atoms with Crippen molar-refractivity contribution in [3.63, 3.8) is 0 Å². The number of rotatable bonds is 10. The normalized spacial score (nSPS) is 23.6. The standard InChI is InChI=1S/2C19H19.C6H10.2ClH.Hf/c2*1-2-3-8-15-13-17-11-7-12-18(19(17)14-15)16-9-5-4-6-10-16;1-2-4-6-5-3-1;;;/h2*4-7,9-14H,2-3,8H2,1H3;1-2H,3-6H2;2*1H;/q;;;;;+2/p-2. The van der Waals surface area contributed by atoms with Crippen LogP contribution in [-0.4, -0.2) is 0 Å². The van der Waals surface area contributed by atoms with Gasteiger partial charge in [0.2, 0.25) is 0 Å². The number of benzene rings is 4. The topological polar surface area (TPSA) is 0 Å². The Morgan fingerprint density at radius 2 is 0.957 bits per heavy atom. The Balaban J connectivity index is 0.00000193. The molecule has 0 bridgehead atoms.